The summed E-state index contributed by atoms with van der Waals surface area (Å²) < 4.78 is 41.8. The molecule has 0 saturated carbocycles. The molecule has 2 aromatic rings. The molecule has 1 aromatic carbocycles. The Morgan fingerprint density at radius 3 is 2.65 bits per heavy atom. The molecule has 5 nitrogen and oxygen atoms in total. The second-order valence-electron chi connectivity index (χ2n) is 4.48. The molecule has 108 valence electrons. The number of anilines is 1. The molecule has 0 saturated heterocycles. The number of hydrogen-bond acceptors (Lipinski definition) is 3. The fourth-order valence-electron chi connectivity index (χ4n) is 1.53. The van der Waals surface area contributed by atoms with E-state index >= 15 is 0 Å². The second-order valence-corrected chi connectivity index (χ2v) is 7.02. The lowest BCUT2D eigenvalue weighted by Gasteiger charge is -2.07. The van der Waals surface area contributed by atoms with Gasteiger partial charge in [-0.1, -0.05) is 0 Å². The lowest BCUT2D eigenvalue weighted by atomic mass is 10.3. The molecular weight excluding hydrogens is 349 g/mol. The van der Waals surface area contributed by atoms with Crippen molar-refractivity contribution in [3.05, 3.63) is 40.9 Å². The van der Waals surface area contributed by atoms with Crippen LogP contribution in [-0.4, -0.2) is 18.2 Å². The van der Waals surface area contributed by atoms with Crippen LogP contribution >= 0.6 is 15.9 Å². The van der Waals surface area contributed by atoms with Crippen LogP contribution in [0.25, 0.3) is 0 Å². The van der Waals surface area contributed by atoms with Crippen molar-refractivity contribution in [1.82, 2.24) is 9.78 Å². The van der Waals surface area contributed by atoms with Gasteiger partial charge in [-0.25, -0.2) is 12.8 Å². The molecule has 20 heavy (non-hydrogen) atoms. The minimum absolute atomic E-state index is 0.123. The summed E-state index contributed by atoms with van der Waals surface area (Å²) in [4.78, 5) is -0.143. The predicted molar refractivity (Wildman–Crippen MR) is 77.5 cm³/mol. The molecule has 0 bridgehead atoms. The number of halogens is 2. The van der Waals surface area contributed by atoms with Crippen LogP contribution in [0.5, 0.6) is 0 Å². The Morgan fingerprint density at radius 1 is 1.40 bits per heavy atom. The molecule has 0 aliphatic carbocycles. The van der Waals surface area contributed by atoms with Crippen LogP contribution in [0.15, 0.2) is 40.0 Å². The summed E-state index contributed by atoms with van der Waals surface area (Å²) in [7, 11) is -3.83. The maximum atomic E-state index is 13.4. The Balaban J connectivity index is 2.28. The van der Waals surface area contributed by atoms with E-state index in [4.69, 9.17) is 0 Å². The lowest BCUT2D eigenvalue weighted by Crippen LogP contribution is -2.13. The maximum absolute atomic E-state index is 13.4. The van der Waals surface area contributed by atoms with Crippen molar-refractivity contribution in [1.29, 1.82) is 0 Å². The lowest BCUT2D eigenvalue weighted by molar-refractivity contribution is 0.532. The van der Waals surface area contributed by atoms with Crippen molar-refractivity contribution in [3.63, 3.8) is 0 Å². The van der Waals surface area contributed by atoms with Crippen molar-refractivity contribution in [2.75, 3.05) is 4.72 Å². The van der Waals surface area contributed by atoms with Crippen LogP contribution < -0.4 is 4.72 Å². The molecule has 0 radical (unpaired) electrons. The van der Waals surface area contributed by atoms with Crippen LogP contribution in [0.1, 0.15) is 19.9 Å². The molecule has 0 aliphatic heterocycles. The smallest absolute Gasteiger partial charge is 0.262 e. The van der Waals surface area contributed by atoms with Crippen molar-refractivity contribution in [2.24, 2.45) is 0 Å². The van der Waals surface area contributed by atoms with Gasteiger partial charge < -0.3 is 0 Å². The quantitative estimate of drug-likeness (QED) is 0.909. The molecule has 0 spiro atoms. The van der Waals surface area contributed by atoms with E-state index in [2.05, 4.69) is 25.8 Å². The van der Waals surface area contributed by atoms with Crippen molar-refractivity contribution < 1.29 is 12.8 Å². The van der Waals surface area contributed by atoms with E-state index in [1.807, 2.05) is 13.8 Å². The van der Waals surface area contributed by atoms with Crippen LogP contribution in [0, 0.1) is 5.82 Å². The zero-order valence-electron chi connectivity index (χ0n) is 10.8. The zero-order chi connectivity index (χ0) is 14.9. The Bertz CT molecular complexity index is 728. The molecular formula is C12H13BrFN3O2S. The first kappa shape index (κ1) is 15.0. The van der Waals surface area contributed by atoms with E-state index < -0.39 is 15.8 Å². The Morgan fingerprint density at radius 2 is 2.10 bits per heavy atom. The van der Waals surface area contributed by atoms with Gasteiger partial charge in [-0.2, -0.15) is 5.10 Å². The molecule has 8 heteroatoms. The highest BCUT2D eigenvalue weighted by molar-refractivity contribution is 9.10. The molecule has 2 rings (SSSR count). The van der Waals surface area contributed by atoms with E-state index in [1.165, 1.54) is 18.3 Å². The summed E-state index contributed by atoms with van der Waals surface area (Å²) in [5.74, 6) is -0.634. The normalized spacial score (nSPS) is 11.8. The number of nitrogens with zero attached hydrogens (tertiary/aromatic N) is 2. The van der Waals surface area contributed by atoms with E-state index in [0.717, 1.165) is 6.07 Å². The van der Waals surface area contributed by atoms with Gasteiger partial charge in [-0.15, -0.1) is 0 Å². The van der Waals surface area contributed by atoms with E-state index in [-0.39, 0.29) is 15.4 Å². The minimum Gasteiger partial charge on any atom is -0.276 e. The third-order valence-electron chi connectivity index (χ3n) is 2.58. The first-order valence-electron chi connectivity index (χ1n) is 5.81. The third-order valence-corrected chi connectivity index (χ3v) is 4.61. The average Bonchev–Trinajstić information content (AvgIpc) is 2.80. The fraction of sp³-hybridized carbons (Fsp3) is 0.250. The van der Waals surface area contributed by atoms with Gasteiger partial charge in [0.2, 0.25) is 0 Å². The highest BCUT2D eigenvalue weighted by Crippen LogP contribution is 2.21. The average molecular weight is 362 g/mol. The maximum Gasteiger partial charge on any atom is 0.262 e. The first-order chi connectivity index (χ1) is 9.29. The first-order valence-corrected chi connectivity index (χ1v) is 8.09. The summed E-state index contributed by atoms with van der Waals surface area (Å²) in [5, 5.41) is 4.03. The van der Waals surface area contributed by atoms with Crippen molar-refractivity contribution in [2.45, 2.75) is 24.8 Å². The number of sulfonamides is 1. The summed E-state index contributed by atoms with van der Waals surface area (Å²) in [5.41, 5.74) is 0.335. The standard InChI is InChI=1S/C12H13BrFN3O2S/c1-8(2)17-7-9(6-15-17)16-20(18,19)10-3-4-11(13)12(14)5-10/h3-8,16H,1-2H3. The molecule has 1 N–H and O–H groups in total. The summed E-state index contributed by atoms with van der Waals surface area (Å²) >= 11 is 2.98. The molecule has 1 heterocycles. The van der Waals surface area contributed by atoms with E-state index in [0.29, 0.717) is 5.69 Å². The number of rotatable bonds is 4. The van der Waals surface area contributed by atoms with Gasteiger partial charge in [0.25, 0.3) is 10.0 Å². The van der Waals surface area contributed by atoms with Gasteiger partial charge in [-0.3, -0.25) is 9.40 Å². The molecule has 1 aromatic heterocycles. The van der Waals surface area contributed by atoms with Crippen LogP contribution in [-0.2, 0) is 10.0 Å². The predicted octanol–water partition coefficient (Wildman–Crippen LogP) is 3.17. The molecule has 0 fully saturated rings. The van der Waals surface area contributed by atoms with Gasteiger partial charge in [-0.05, 0) is 48.0 Å². The van der Waals surface area contributed by atoms with Gasteiger partial charge in [0, 0.05) is 12.2 Å². The van der Waals surface area contributed by atoms with Crippen LogP contribution in [0.3, 0.4) is 0 Å². The number of benzene rings is 1. The van der Waals surface area contributed by atoms with Gasteiger partial charge in [0.15, 0.2) is 0 Å². The SMILES string of the molecule is CC(C)n1cc(NS(=O)(=O)c2ccc(Br)c(F)c2)cn1. The van der Waals surface area contributed by atoms with Gasteiger partial charge >= 0.3 is 0 Å². The summed E-state index contributed by atoms with van der Waals surface area (Å²) in [6, 6.07) is 3.75. The van der Waals surface area contributed by atoms with Gasteiger partial charge in [0.1, 0.15) is 5.82 Å². The van der Waals surface area contributed by atoms with E-state index in [9.17, 15) is 12.8 Å². The number of aromatic nitrogens is 2. The van der Waals surface area contributed by atoms with Gasteiger partial charge in [0.05, 0.1) is 21.3 Å². The molecule has 0 amide bonds. The van der Waals surface area contributed by atoms with Crippen LogP contribution in [0.4, 0.5) is 10.1 Å². The van der Waals surface area contributed by atoms with Crippen molar-refractivity contribution >= 4 is 31.6 Å². The minimum atomic E-state index is -3.83. The summed E-state index contributed by atoms with van der Waals surface area (Å²) in [6.45, 7) is 3.85. The van der Waals surface area contributed by atoms with Crippen LogP contribution in [0.2, 0.25) is 0 Å². The number of hydrogen-bond donors (Lipinski definition) is 1. The Kier molecular flexibility index (Phi) is 4.14. The Hall–Kier alpha value is -1.41. The highest BCUT2D eigenvalue weighted by atomic mass is 79.9. The van der Waals surface area contributed by atoms with Crippen molar-refractivity contribution in [3.8, 4) is 0 Å². The molecule has 0 atom stereocenters. The molecule has 0 aliphatic rings. The second kappa shape index (κ2) is 5.53. The highest BCUT2D eigenvalue weighted by Gasteiger charge is 2.17. The largest absolute Gasteiger partial charge is 0.276 e. The topological polar surface area (TPSA) is 64.0 Å². The van der Waals surface area contributed by atoms with E-state index in [1.54, 1.807) is 10.9 Å². The third kappa shape index (κ3) is 3.18. The molecule has 0 unspecified atom stereocenters. The number of nitrogens with one attached hydrogen (secondary N) is 1. The summed E-state index contributed by atoms with van der Waals surface area (Å²) in [6.07, 6.45) is 2.99. The monoisotopic (exact) mass is 361 g/mol. The zero-order valence-corrected chi connectivity index (χ0v) is 13.2. The fourth-order valence-corrected chi connectivity index (χ4v) is 2.82. The Labute approximate surface area is 125 Å².